The molecule has 2 amide bonds. The lowest BCUT2D eigenvalue weighted by Crippen LogP contribution is -2.67. The lowest BCUT2D eigenvalue weighted by molar-refractivity contribution is -0.126. The first-order valence-electron chi connectivity index (χ1n) is 21.3. The Hall–Kier alpha value is -5.78. The third-order valence-electron chi connectivity index (χ3n) is 14.7. The number of rotatable bonds is 10. The molecule has 9 rings (SSSR count). The number of hydrogen-bond acceptors (Lipinski definition) is 6. The van der Waals surface area contributed by atoms with Crippen molar-refractivity contribution >= 4 is 73.9 Å². The summed E-state index contributed by atoms with van der Waals surface area (Å²) in [4.78, 5) is 40.1. The number of hydrogen-bond donors (Lipinski definition) is 0. The van der Waals surface area contributed by atoms with E-state index >= 15 is 0 Å². The number of carbonyl (C=O) groups excluding carboxylic acids is 2. The summed E-state index contributed by atoms with van der Waals surface area (Å²) < 4.78 is 12.9. The topological polar surface area (TPSA) is 84.9 Å². The van der Waals surface area contributed by atoms with Gasteiger partial charge in [-0.25, -0.2) is 0 Å². The number of amides is 2. The summed E-state index contributed by atoms with van der Waals surface area (Å²) in [7, 11) is 8.29. The Balaban J connectivity index is 0.937. The van der Waals surface area contributed by atoms with Gasteiger partial charge in [-0.15, -0.1) is 0 Å². The number of likely N-dealkylation sites (N-methyl/N-ethyl adjacent to an activating group) is 2. The number of benzene rings is 4. The maximum Gasteiger partial charge on any atom is 0.246 e. The van der Waals surface area contributed by atoms with Gasteiger partial charge >= 0.3 is 0 Å². The number of pyridine rings is 2. The predicted octanol–water partition coefficient (Wildman–Crippen LogP) is 9.94. The fourth-order valence-corrected chi connectivity index (χ4v) is 11.3. The maximum absolute atomic E-state index is 13.9. The molecule has 322 valence electrons. The number of nitrogens with zero attached hydrogens (tertiary/aromatic N) is 6. The van der Waals surface area contributed by atoms with Crippen molar-refractivity contribution in [3.8, 4) is 11.5 Å². The first kappa shape index (κ1) is 42.5. The monoisotopic (exact) mass is 882 g/mol. The molecule has 0 aliphatic carbocycles. The summed E-state index contributed by atoms with van der Waals surface area (Å²) in [5.41, 5.74) is 8.49. The molecular formula is C51H52Cl2N6O4+2. The minimum Gasteiger partial charge on any atom is -0.496 e. The van der Waals surface area contributed by atoms with Crippen LogP contribution in [0.15, 0.2) is 116 Å². The molecule has 1 spiro atoms. The van der Waals surface area contributed by atoms with Crippen LogP contribution in [0.5, 0.6) is 11.5 Å². The predicted molar refractivity (Wildman–Crippen MR) is 254 cm³/mol. The Labute approximate surface area is 378 Å². The van der Waals surface area contributed by atoms with Gasteiger partial charge in [-0.05, 0) is 73.5 Å². The van der Waals surface area contributed by atoms with Crippen molar-refractivity contribution < 1.29 is 19.1 Å². The average Bonchev–Trinajstić information content (AvgIpc) is 3.97. The van der Waals surface area contributed by atoms with Crippen LogP contribution in [0.1, 0.15) is 35.1 Å². The van der Waals surface area contributed by atoms with E-state index in [0.29, 0.717) is 45.9 Å². The van der Waals surface area contributed by atoms with Gasteiger partial charge in [0.05, 0.1) is 57.9 Å². The highest BCUT2D eigenvalue weighted by Gasteiger charge is 2.67. The Kier molecular flexibility index (Phi) is 10.7. The highest BCUT2D eigenvalue weighted by Crippen LogP contribution is 2.63. The second-order valence-corrected chi connectivity index (χ2v) is 18.5. The van der Waals surface area contributed by atoms with Crippen LogP contribution >= 0.6 is 23.2 Å². The lowest BCUT2D eigenvalue weighted by Gasteiger charge is -2.57. The van der Waals surface area contributed by atoms with Gasteiger partial charge in [0.1, 0.15) is 40.7 Å². The minimum absolute atomic E-state index is 0.0616. The second kappa shape index (κ2) is 15.8. The fourth-order valence-electron chi connectivity index (χ4n) is 11.0. The molecule has 3 aliphatic rings. The van der Waals surface area contributed by atoms with E-state index in [2.05, 4.69) is 89.0 Å². The maximum atomic E-state index is 13.9. The van der Waals surface area contributed by atoms with Gasteiger partial charge in [-0.3, -0.25) is 28.5 Å². The summed E-state index contributed by atoms with van der Waals surface area (Å²) >= 11 is 13.5. The van der Waals surface area contributed by atoms with E-state index < -0.39 is 5.54 Å². The van der Waals surface area contributed by atoms with Gasteiger partial charge < -0.3 is 19.3 Å². The Morgan fingerprint density at radius 2 is 1.52 bits per heavy atom. The molecule has 2 aromatic heterocycles. The number of methoxy groups -OCH3 is 1. The normalized spacial score (nSPS) is 21.9. The van der Waals surface area contributed by atoms with Crippen molar-refractivity contribution in [3.05, 3.63) is 148 Å². The Bertz CT molecular complexity index is 2900. The molecule has 0 radical (unpaired) electrons. The number of carbonyl (C=O) groups is 2. The van der Waals surface area contributed by atoms with E-state index in [4.69, 9.17) is 37.7 Å². The van der Waals surface area contributed by atoms with Crippen molar-refractivity contribution in [1.29, 1.82) is 0 Å². The summed E-state index contributed by atoms with van der Waals surface area (Å²) in [6.45, 7) is 10.4. The Morgan fingerprint density at radius 1 is 0.841 bits per heavy atom. The molecule has 2 saturated heterocycles. The van der Waals surface area contributed by atoms with E-state index in [1.807, 2.05) is 46.2 Å². The number of ether oxygens (including phenoxy) is 2. The fraction of sp³-hybridized carbons (Fsp3) is 0.294. The molecule has 3 aliphatic heterocycles. The summed E-state index contributed by atoms with van der Waals surface area (Å²) in [6.07, 6.45) is 9.85. The Morgan fingerprint density at radius 3 is 2.29 bits per heavy atom. The van der Waals surface area contributed by atoms with Crippen LogP contribution in [-0.2, 0) is 20.7 Å². The van der Waals surface area contributed by atoms with Crippen LogP contribution in [0.2, 0.25) is 10.0 Å². The van der Waals surface area contributed by atoms with Gasteiger partial charge in [-0.2, -0.15) is 0 Å². The molecule has 63 heavy (non-hydrogen) atoms. The number of aromatic nitrogens is 2. The molecule has 4 aromatic carbocycles. The highest BCUT2D eigenvalue weighted by atomic mass is 35.5. The third kappa shape index (κ3) is 6.44. The average molecular weight is 884 g/mol. The van der Waals surface area contributed by atoms with E-state index in [-0.39, 0.29) is 24.0 Å². The summed E-state index contributed by atoms with van der Waals surface area (Å²) in [5, 5.41) is 3.25. The largest absolute Gasteiger partial charge is 0.496 e. The zero-order valence-corrected chi connectivity index (χ0v) is 38.1. The summed E-state index contributed by atoms with van der Waals surface area (Å²) in [6, 6.07) is 26.5. The zero-order valence-electron chi connectivity index (χ0n) is 36.6. The molecule has 5 heterocycles. The van der Waals surface area contributed by atoms with Crippen molar-refractivity contribution in [3.63, 3.8) is 0 Å². The van der Waals surface area contributed by atoms with Crippen molar-refractivity contribution in [1.82, 2.24) is 28.7 Å². The second-order valence-electron chi connectivity index (χ2n) is 17.7. The van der Waals surface area contributed by atoms with Gasteiger partial charge in [0.25, 0.3) is 0 Å². The van der Waals surface area contributed by atoms with E-state index in [1.54, 1.807) is 31.7 Å². The first-order valence-corrected chi connectivity index (χ1v) is 22.0. The molecule has 6 aromatic rings. The molecular weight excluding hydrogens is 832 g/mol. The summed E-state index contributed by atoms with van der Waals surface area (Å²) in [5.74, 6) is 1.31. The van der Waals surface area contributed by atoms with E-state index in [9.17, 15) is 9.59 Å². The van der Waals surface area contributed by atoms with E-state index in [0.717, 1.165) is 73.5 Å². The number of likely N-dealkylation sites (tertiary alicyclic amines) is 2. The smallest absolute Gasteiger partial charge is 0.246 e. The molecule has 10 nitrogen and oxygen atoms in total. The highest BCUT2D eigenvalue weighted by molar-refractivity contribution is 6.32. The van der Waals surface area contributed by atoms with Crippen molar-refractivity contribution in [2.24, 2.45) is 0 Å². The molecule has 2 unspecified atom stereocenters. The molecule has 3 atom stereocenters. The SMILES string of the molecule is C=CC(=O)N1CCC(c2cccc(Cl)c2C)([N+](C)(C)c2ccc3c(OCC=CC(=O)N4CC[C@@]5(C4)c4c(ccc(Cl)c4C)[N+]5(C)c4ccc5c(OC)ccnc5c4)ccnc3c2)C1. The lowest BCUT2D eigenvalue weighted by atomic mass is 9.72. The third-order valence-corrected chi connectivity index (χ3v) is 15.5. The van der Waals surface area contributed by atoms with Crippen LogP contribution < -0.4 is 18.4 Å². The standard InChI is InChI=1S/C51H52Cl2N6O4/c1-8-47(60)56-26-22-50(31-56,39-11-9-12-40(52)33(39)2)58(4,5)35-14-16-38-42(29-35)55-25-21-46(38)63-28-10-13-48(61)57-27-23-51(32-57)49-34(3)41(53)18-19-44(49)59(51,6)36-15-17-37-43(30-36)54-24-20-45(37)62-7/h8-21,24-25,29-30H,1,22-23,26-28,31-32H2,2-7H3/q+2/t50?,51-,59?/m1/s1. The van der Waals surface area contributed by atoms with Crippen LogP contribution in [0.3, 0.4) is 0 Å². The number of quaternary nitrogens is 2. The van der Waals surface area contributed by atoms with Crippen molar-refractivity contribution in [2.45, 2.75) is 37.8 Å². The van der Waals surface area contributed by atoms with E-state index in [1.165, 1.54) is 17.3 Å². The zero-order chi connectivity index (χ0) is 44.5. The number of halogens is 2. The van der Waals surface area contributed by atoms with Gasteiger partial charge in [-0.1, -0.05) is 41.9 Å². The minimum atomic E-state index is -0.476. The quantitative estimate of drug-likeness (QED) is 0.101. The number of fused-ring (bicyclic) bond motifs is 4. The van der Waals surface area contributed by atoms with Gasteiger partial charge in [0, 0.05) is 101 Å². The van der Waals surface area contributed by atoms with Crippen LogP contribution in [0.4, 0.5) is 17.1 Å². The molecule has 0 bridgehead atoms. The molecule has 0 saturated carbocycles. The molecule has 12 heteroatoms. The molecule has 2 fully saturated rings. The van der Waals surface area contributed by atoms with Gasteiger partial charge in [0.2, 0.25) is 11.8 Å². The first-order chi connectivity index (χ1) is 30.2. The van der Waals surface area contributed by atoms with Crippen LogP contribution in [0, 0.1) is 13.8 Å². The van der Waals surface area contributed by atoms with Crippen molar-refractivity contribution in [2.75, 3.05) is 61.0 Å². The molecule has 0 N–H and O–H groups in total. The van der Waals surface area contributed by atoms with Crippen LogP contribution in [0.25, 0.3) is 21.8 Å². The van der Waals surface area contributed by atoms with Gasteiger partial charge in [0.15, 0.2) is 5.54 Å². The van der Waals surface area contributed by atoms with Crippen LogP contribution in [-0.4, -0.2) is 92.6 Å².